The van der Waals surface area contributed by atoms with Crippen molar-refractivity contribution in [1.82, 2.24) is 14.5 Å². The number of para-hydroxylation sites is 1. The number of hydrogen-bond acceptors (Lipinski definition) is 4. The van der Waals surface area contributed by atoms with Crippen molar-refractivity contribution in [3.05, 3.63) is 40.4 Å². The Kier molecular flexibility index (Phi) is 5.48. The van der Waals surface area contributed by atoms with Crippen molar-refractivity contribution in [3.63, 3.8) is 0 Å². The van der Waals surface area contributed by atoms with Gasteiger partial charge in [0.2, 0.25) is 5.91 Å². The van der Waals surface area contributed by atoms with Crippen LogP contribution in [0.4, 0.5) is 0 Å². The standard InChI is InChI=1S/C19H25N3O3/c1-3-15-13-21(11-12-25-15)18(23)9-6-10-22-14(2)20-17-8-5-4-7-16(17)19(22)24/h4-5,7-8,15H,3,6,9-13H2,1-2H3/t15-/m0/s1. The van der Waals surface area contributed by atoms with E-state index in [-0.39, 0.29) is 17.6 Å². The molecule has 0 radical (unpaired) electrons. The van der Waals surface area contributed by atoms with E-state index in [2.05, 4.69) is 11.9 Å². The summed E-state index contributed by atoms with van der Waals surface area (Å²) in [5.74, 6) is 0.828. The lowest BCUT2D eigenvalue weighted by atomic mass is 10.2. The van der Waals surface area contributed by atoms with Gasteiger partial charge in [-0.05, 0) is 31.9 Å². The van der Waals surface area contributed by atoms with Crippen LogP contribution < -0.4 is 5.56 Å². The van der Waals surface area contributed by atoms with Gasteiger partial charge < -0.3 is 9.64 Å². The summed E-state index contributed by atoms with van der Waals surface area (Å²) < 4.78 is 7.28. The van der Waals surface area contributed by atoms with Crippen molar-refractivity contribution in [3.8, 4) is 0 Å². The third-order valence-electron chi connectivity index (χ3n) is 4.77. The molecule has 6 nitrogen and oxygen atoms in total. The number of amides is 1. The van der Waals surface area contributed by atoms with Crippen LogP contribution in [0.1, 0.15) is 32.0 Å². The normalized spacial score (nSPS) is 17.8. The number of fused-ring (bicyclic) bond motifs is 1. The topological polar surface area (TPSA) is 64.4 Å². The van der Waals surface area contributed by atoms with Crippen LogP contribution in [0, 0.1) is 6.92 Å². The minimum absolute atomic E-state index is 0.0343. The minimum Gasteiger partial charge on any atom is -0.375 e. The lowest BCUT2D eigenvalue weighted by Gasteiger charge is -2.32. The van der Waals surface area contributed by atoms with E-state index in [1.165, 1.54) is 0 Å². The van der Waals surface area contributed by atoms with E-state index in [4.69, 9.17) is 4.74 Å². The summed E-state index contributed by atoms with van der Waals surface area (Å²) in [6, 6.07) is 7.37. The molecule has 0 N–H and O–H groups in total. The van der Waals surface area contributed by atoms with Gasteiger partial charge in [0.05, 0.1) is 23.6 Å². The first-order valence-electron chi connectivity index (χ1n) is 8.95. The molecule has 1 aliphatic rings. The third kappa shape index (κ3) is 3.90. The Morgan fingerprint density at radius 1 is 1.36 bits per heavy atom. The second kappa shape index (κ2) is 7.78. The maximum atomic E-state index is 12.6. The summed E-state index contributed by atoms with van der Waals surface area (Å²) in [4.78, 5) is 31.4. The Balaban J connectivity index is 1.63. The van der Waals surface area contributed by atoms with Gasteiger partial charge in [0.25, 0.3) is 5.56 Å². The zero-order valence-electron chi connectivity index (χ0n) is 14.9. The smallest absolute Gasteiger partial charge is 0.261 e. The molecule has 1 fully saturated rings. The molecule has 2 heterocycles. The number of rotatable bonds is 5. The zero-order valence-corrected chi connectivity index (χ0v) is 14.9. The number of benzene rings is 1. The molecule has 0 saturated carbocycles. The predicted molar refractivity (Wildman–Crippen MR) is 96.6 cm³/mol. The Bertz CT molecular complexity index is 815. The number of morpholine rings is 1. The molecule has 1 aliphatic heterocycles. The zero-order chi connectivity index (χ0) is 17.8. The molecule has 25 heavy (non-hydrogen) atoms. The summed E-state index contributed by atoms with van der Waals surface area (Å²) in [6.07, 6.45) is 2.14. The summed E-state index contributed by atoms with van der Waals surface area (Å²) in [5.41, 5.74) is 0.684. The van der Waals surface area contributed by atoms with Crippen LogP contribution in [0.2, 0.25) is 0 Å². The van der Waals surface area contributed by atoms with E-state index in [1.54, 1.807) is 10.6 Å². The third-order valence-corrected chi connectivity index (χ3v) is 4.77. The number of carbonyl (C=O) groups is 1. The highest BCUT2D eigenvalue weighted by atomic mass is 16.5. The molecule has 0 unspecified atom stereocenters. The van der Waals surface area contributed by atoms with Crippen molar-refractivity contribution < 1.29 is 9.53 Å². The van der Waals surface area contributed by atoms with Gasteiger partial charge in [-0.3, -0.25) is 14.2 Å². The number of hydrogen-bond donors (Lipinski definition) is 0. The van der Waals surface area contributed by atoms with E-state index >= 15 is 0 Å². The average Bonchev–Trinajstić information content (AvgIpc) is 2.64. The van der Waals surface area contributed by atoms with Crippen molar-refractivity contribution in [2.45, 2.75) is 45.8 Å². The van der Waals surface area contributed by atoms with Crippen molar-refractivity contribution in [1.29, 1.82) is 0 Å². The van der Waals surface area contributed by atoms with Gasteiger partial charge in [0.1, 0.15) is 5.82 Å². The quantitative estimate of drug-likeness (QED) is 0.834. The maximum absolute atomic E-state index is 12.6. The summed E-state index contributed by atoms with van der Waals surface area (Å²) in [7, 11) is 0. The van der Waals surface area contributed by atoms with E-state index in [9.17, 15) is 9.59 Å². The molecule has 0 bridgehead atoms. The summed E-state index contributed by atoms with van der Waals surface area (Å²) in [5, 5.41) is 0.624. The Morgan fingerprint density at radius 3 is 2.96 bits per heavy atom. The van der Waals surface area contributed by atoms with Crippen LogP contribution >= 0.6 is 0 Å². The van der Waals surface area contributed by atoms with Gasteiger partial charge in [0, 0.05) is 26.1 Å². The molecule has 1 saturated heterocycles. The average molecular weight is 343 g/mol. The van der Waals surface area contributed by atoms with Gasteiger partial charge in [-0.25, -0.2) is 4.98 Å². The maximum Gasteiger partial charge on any atom is 0.261 e. The first kappa shape index (κ1) is 17.6. The van der Waals surface area contributed by atoms with Crippen molar-refractivity contribution in [2.24, 2.45) is 0 Å². The van der Waals surface area contributed by atoms with E-state index in [1.807, 2.05) is 30.0 Å². The fraction of sp³-hybridized carbons (Fsp3) is 0.526. The second-order valence-corrected chi connectivity index (χ2v) is 6.48. The highest BCUT2D eigenvalue weighted by Crippen LogP contribution is 2.11. The van der Waals surface area contributed by atoms with Crippen LogP contribution in [-0.2, 0) is 16.1 Å². The minimum atomic E-state index is -0.0343. The van der Waals surface area contributed by atoms with Gasteiger partial charge in [-0.2, -0.15) is 0 Å². The first-order valence-corrected chi connectivity index (χ1v) is 8.95. The fourth-order valence-electron chi connectivity index (χ4n) is 3.28. The molecule has 1 amide bonds. The van der Waals surface area contributed by atoms with Crippen LogP contribution in [0.15, 0.2) is 29.1 Å². The SMILES string of the molecule is CC[C@H]1CN(C(=O)CCCn2c(C)nc3ccccc3c2=O)CCO1. The Labute approximate surface area is 147 Å². The van der Waals surface area contributed by atoms with Crippen LogP contribution in [0.5, 0.6) is 0 Å². The molecule has 1 atom stereocenters. The molecule has 0 spiro atoms. The van der Waals surface area contributed by atoms with Gasteiger partial charge in [0.15, 0.2) is 0 Å². The van der Waals surface area contributed by atoms with Crippen LogP contribution in [0.3, 0.4) is 0 Å². The lowest BCUT2D eigenvalue weighted by molar-refractivity contribution is -0.139. The largest absolute Gasteiger partial charge is 0.375 e. The number of nitrogens with zero attached hydrogens (tertiary/aromatic N) is 3. The number of aryl methyl sites for hydroxylation is 1. The summed E-state index contributed by atoms with van der Waals surface area (Å²) in [6.45, 7) is 6.36. The predicted octanol–water partition coefficient (Wildman–Crippen LogP) is 2.12. The molecule has 2 aromatic rings. The Morgan fingerprint density at radius 2 is 2.16 bits per heavy atom. The van der Waals surface area contributed by atoms with Crippen LogP contribution in [0.25, 0.3) is 10.9 Å². The number of ether oxygens (including phenoxy) is 1. The lowest BCUT2D eigenvalue weighted by Crippen LogP contribution is -2.45. The van der Waals surface area contributed by atoms with E-state index < -0.39 is 0 Å². The molecule has 3 rings (SSSR count). The Hall–Kier alpha value is -2.21. The molecular formula is C19H25N3O3. The molecule has 0 aliphatic carbocycles. The van der Waals surface area contributed by atoms with Gasteiger partial charge in [-0.1, -0.05) is 19.1 Å². The highest BCUT2D eigenvalue weighted by Gasteiger charge is 2.22. The van der Waals surface area contributed by atoms with E-state index in [0.717, 1.165) is 11.9 Å². The second-order valence-electron chi connectivity index (χ2n) is 6.48. The van der Waals surface area contributed by atoms with Gasteiger partial charge in [-0.15, -0.1) is 0 Å². The molecule has 6 heteroatoms. The molecule has 134 valence electrons. The van der Waals surface area contributed by atoms with Gasteiger partial charge >= 0.3 is 0 Å². The molecular weight excluding hydrogens is 318 g/mol. The highest BCUT2D eigenvalue weighted by molar-refractivity contribution is 5.77. The van der Waals surface area contributed by atoms with Crippen LogP contribution in [-0.4, -0.2) is 46.2 Å². The fourth-order valence-corrected chi connectivity index (χ4v) is 3.28. The molecule has 1 aromatic heterocycles. The monoisotopic (exact) mass is 343 g/mol. The van der Waals surface area contributed by atoms with Crippen molar-refractivity contribution in [2.75, 3.05) is 19.7 Å². The molecule has 1 aromatic carbocycles. The van der Waals surface area contributed by atoms with E-state index in [0.29, 0.717) is 50.3 Å². The first-order chi connectivity index (χ1) is 12.1. The number of aromatic nitrogens is 2. The number of carbonyl (C=O) groups excluding carboxylic acids is 1. The van der Waals surface area contributed by atoms with Crippen molar-refractivity contribution >= 4 is 16.8 Å². The summed E-state index contributed by atoms with van der Waals surface area (Å²) >= 11 is 0.